The van der Waals surface area contributed by atoms with Crippen LogP contribution in [0.15, 0.2) is 182 Å². The molecule has 11 N–H and O–H groups in total. The maximum absolute atomic E-state index is 13.4. The molecule has 0 bridgehead atoms. The van der Waals surface area contributed by atoms with E-state index in [2.05, 4.69) is 25.8 Å². The summed E-state index contributed by atoms with van der Waals surface area (Å²) in [6.07, 6.45) is 4.04. The van der Waals surface area contributed by atoms with Crippen LogP contribution in [0.4, 0.5) is 43.9 Å². The molecule has 5 unspecified atom stereocenters. The zero-order valence-electron chi connectivity index (χ0n) is 81.1. The molecule has 147 heavy (non-hydrogen) atoms. The molecular formula is C112H125F10N5O20. The monoisotopic (exact) mass is 2050 g/mol. The Morgan fingerprint density at radius 2 is 0.367 bits per heavy atom. The van der Waals surface area contributed by atoms with Gasteiger partial charge < -0.3 is 114 Å². The maximum Gasteiger partial charge on any atom is 0.126 e. The lowest BCUT2D eigenvalue weighted by atomic mass is 9.98. The third-order valence-electron chi connectivity index (χ3n) is 29.1. The average Bonchev–Trinajstić information content (AvgIpc) is 1.68. The molecule has 0 radical (unpaired) electrons. The lowest BCUT2D eigenvalue weighted by Crippen LogP contribution is -2.46. The molecule has 25 nitrogen and oxygen atoms in total. The lowest BCUT2D eigenvalue weighted by molar-refractivity contribution is -0.0118. The predicted molar refractivity (Wildman–Crippen MR) is 521 cm³/mol. The summed E-state index contributed by atoms with van der Waals surface area (Å²) in [7, 11) is 0. The van der Waals surface area contributed by atoms with Crippen molar-refractivity contribution in [2.75, 3.05) is 78.9 Å². The summed E-state index contributed by atoms with van der Waals surface area (Å²) in [6.45, 7) is 4.58. The Balaban J connectivity index is 0.000000120. The lowest BCUT2D eigenvalue weighted by Gasteiger charge is -2.31. The Morgan fingerprint density at radius 1 is 0.211 bits per heavy atom. The highest BCUT2D eigenvalue weighted by atomic mass is 19.2. The molecule has 10 aromatic rings. The number of hydrogen-bond acceptors (Lipinski definition) is 25. The van der Waals surface area contributed by atoms with Crippen LogP contribution < -0.4 is 63.3 Å². The number of benzene rings is 10. The molecule has 12 aliphatic heterocycles. The van der Waals surface area contributed by atoms with Crippen LogP contribution in [-0.4, -0.2) is 252 Å². The number of rotatable bonds is 26. The van der Waals surface area contributed by atoms with E-state index >= 15 is 0 Å². The van der Waals surface area contributed by atoms with Crippen molar-refractivity contribution in [2.24, 2.45) is 0 Å². The minimum absolute atomic E-state index is 0.0854. The normalized spacial score (nSPS) is 24.4. The van der Waals surface area contributed by atoms with E-state index in [-0.39, 0.29) is 171 Å². The first-order valence-electron chi connectivity index (χ1n) is 50.8. The highest BCUT2D eigenvalue weighted by Crippen LogP contribution is 2.41. The molecule has 35 heteroatoms. The Hall–Kier alpha value is -11.1. The summed E-state index contributed by atoms with van der Waals surface area (Å²) in [4.78, 5) is 4.12. The van der Waals surface area contributed by atoms with Gasteiger partial charge in [-0.3, -0.25) is 9.80 Å². The third-order valence-corrected chi connectivity index (χ3v) is 29.1. The van der Waals surface area contributed by atoms with Crippen LogP contribution in [0.2, 0.25) is 0 Å². The number of ether oxygens (including phenoxy) is 12. The van der Waals surface area contributed by atoms with Crippen LogP contribution in [-0.2, 0) is 73.7 Å². The molecule has 22 rings (SSSR count). The minimum Gasteiger partial charge on any atom is -0.487 e. The molecule has 10 aromatic carbocycles. The van der Waals surface area contributed by atoms with Gasteiger partial charge in [-0.1, -0.05) is 0 Å². The first-order valence-corrected chi connectivity index (χ1v) is 50.8. The topological polar surface area (TPSA) is 315 Å². The standard InChI is InChI=1S/2C23H25F2NO4.3C22H25F2NO4/c2*24-16-3-7-19-14(9-16)1-5-21(29-19)18(27)11-26-12-23(28-13-26)22-6-2-15-10-17(25)4-8-20(15)30-22;3*23-15-3-7-19-13(9-15)1-5-21(28-19)17(26)11-25-12-18(27)22-6-2-14-10-16(24)4-8-20(14)29-22/h2*3-4,7-10,18,21-23,27H,1-2,5-6,11-13H2;3*3-4,7-10,17-18,21-22,25-27H,1-2,5-6,11-12H2/t18-,21?,22+,23+;18-,21+,22?,23+;17-,18+,21+,22?;2*17-,18+,21-,22?/m00011/s1. The van der Waals surface area contributed by atoms with Crippen molar-refractivity contribution >= 4 is 0 Å². The van der Waals surface area contributed by atoms with Gasteiger partial charge in [-0.25, -0.2) is 43.9 Å². The van der Waals surface area contributed by atoms with Crippen molar-refractivity contribution < 1.29 is 142 Å². The second-order valence-electron chi connectivity index (χ2n) is 39.7. The number of aliphatic hydroxyl groups is 8. The Morgan fingerprint density at radius 3 is 0.544 bits per heavy atom. The van der Waals surface area contributed by atoms with Gasteiger partial charge in [0.1, 0.15) is 238 Å². The quantitative estimate of drug-likeness (QED) is 0.0224. The summed E-state index contributed by atoms with van der Waals surface area (Å²) in [5.41, 5.74) is 8.35. The first kappa shape index (κ1) is 106. The second kappa shape index (κ2) is 49.1. The average molecular weight is 2050 g/mol. The zero-order chi connectivity index (χ0) is 102. The van der Waals surface area contributed by atoms with E-state index in [4.69, 9.17) is 56.8 Å². The zero-order valence-corrected chi connectivity index (χ0v) is 81.1. The van der Waals surface area contributed by atoms with Gasteiger partial charge in [0.2, 0.25) is 0 Å². The molecule has 2 fully saturated rings. The number of fused-ring (bicyclic) bond motifs is 10. The van der Waals surface area contributed by atoms with Gasteiger partial charge >= 0.3 is 0 Å². The van der Waals surface area contributed by atoms with Crippen molar-refractivity contribution in [2.45, 2.75) is 250 Å². The molecule has 0 spiro atoms. The van der Waals surface area contributed by atoms with Crippen molar-refractivity contribution in [3.63, 3.8) is 0 Å². The molecule has 0 aliphatic carbocycles. The summed E-state index contributed by atoms with van der Waals surface area (Å²) < 4.78 is 204. The minimum atomic E-state index is -0.753. The molecule has 0 amide bonds. The van der Waals surface area contributed by atoms with Gasteiger partial charge in [-0.15, -0.1) is 0 Å². The fraction of sp³-hybridized carbons (Fsp3) is 0.464. The molecule has 0 saturated carbocycles. The smallest absolute Gasteiger partial charge is 0.126 e. The molecule has 2 saturated heterocycles. The third kappa shape index (κ3) is 27.8. The SMILES string of the molecule is O[C@@H](CN1CO[C@@H](C2CCc3cc(F)ccc3O2)C1)[C@H]1CCc2cc(F)ccc2O1.O[C@@H](CN1CO[C@@H]([C@H]2CCc3cc(F)ccc3O2)C1)C1CCc2cc(F)ccc2O1.O[C@H](CNC[C@H](O)C1CCc2cc(F)ccc2O1)[C@H]1CCc2cc(F)ccc2O1.O[C@H](CNC[C@H](O)C1CCc2cc(F)ccc2O1)[C@H]1CCc2cc(F)ccc2O1.O[C@H](CNC[C@H](O)[C@H]1CCc2cc(F)ccc2O1)C1CCc2cc(F)ccc2O1. The van der Waals surface area contributed by atoms with Gasteiger partial charge in [0, 0.05) is 65.4 Å². The number of aliphatic hydroxyl groups excluding tert-OH is 8. The highest BCUT2D eigenvalue weighted by Gasteiger charge is 2.42. The van der Waals surface area contributed by atoms with E-state index in [0.29, 0.717) is 188 Å². The predicted octanol–water partition coefficient (Wildman–Crippen LogP) is 13.2. The van der Waals surface area contributed by atoms with Gasteiger partial charge in [0.15, 0.2) is 0 Å². The van der Waals surface area contributed by atoms with E-state index < -0.39 is 48.8 Å². The largest absolute Gasteiger partial charge is 0.487 e. The fourth-order valence-corrected chi connectivity index (χ4v) is 21.0. The number of hydrogen-bond donors (Lipinski definition) is 11. The van der Waals surface area contributed by atoms with Gasteiger partial charge in [-0.2, -0.15) is 0 Å². The number of nitrogens with zero attached hydrogens (tertiary/aromatic N) is 2. The van der Waals surface area contributed by atoms with E-state index in [0.717, 1.165) is 92.8 Å². The molecule has 0 aromatic heterocycles. The fourth-order valence-electron chi connectivity index (χ4n) is 21.0. The number of β-amino-alcohol motifs (C(OH)–C–C–N with tert-alkyl or cyclic N) is 2. The molecule has 12 heterocycles. The van der Waals surface area contributed by atoms with Gasteiger partial charge in [0.05, 0.1) is 13.5 Å². The molecule has 12 aliphatic rings. The summed E-state index contributed by atoms with van der Waals surface area (Å²) in [5, 5.41) is 93.1. The van der Waals surface area contributed by atoms with Crippen LogP contribution in [0.3, 0.4) is 0 Å². The van der Waals surface area contributed by atoms with Crippen molar-refractivity contribution in [1.82, 2.24) is 25.8 Å². The first-order chi connectivity index (χ1) is 71.1. The van der Waals surface area contributed by atoms with Crippen molar-refractivity contribution in [3.05, 3.63) is 296 Å². The van der Waals surface area contributed by atoms with E-state index in [9.17, 15) is 84.8 Å². The van der Waals surface area contributed by atoms with E-state index in [1.807, 2.05) is 0 Å². The molecule has 788 valence electrons. The van der Waals surface area contributed by atoms with Crippen LogP contribution in [0.1, 0.15) is 120 Å². The van der Waals surface area contributed by atoms with Crippen LogP contribution in [0.5, 0.6) is 57.5 Å². The number of halogens is 10. The van der Waals surface area contributed by atoms with Crippen LogP contribution in [0, 0.1) is 58.2 Å². The van der Waals surface area contributed by atoms with Gasteiger partial charge in [-0.05, 0) is 366 Å². The summed E-state index contributed by atoms with van der Waals surface area (Å²) >= 11 is 0. The molecular weight excluding hydrogens is 1930 g/mol. The van der Waals surface area contributed by atoms with Crippen molar-refractivity contribution in [3.8, 4) is 57.5 Å². The summed E-state index contributed by atoms with van der Waals surface area (Å²) in [5.74, 6) is 3.58. The Labute approximate surface area is 845 Å². The van der Waals surface area contributed by atoms with Crippen LogP contribution >= 0.6 is 0 Å². The van der Waals surface area contributed by atoms with E-state index in [1.165, 1.54) is 121 Å². The number of aryl methyl sites for hydroxylation is 10. The maximum atomic E-state index is 13.4. The van der Waals surface area contributed by atoms with Crippen molar-refractivity contribution in [1.29, 1.82) is 0 Å². The van der Waals surface area contributed by atoms with E-state index in [1.54, 1.807) is 60.7 Å². The summed E-state index contributed by atoms with van der Waals surface area (Å²) in [6, 6.07) is 44.6. The van der Waals surface area contributed by atoms with Gasteiger partial charge in [0.25, 0.3) is 0 Å². The second-order valence-corrected chi connectivity index (χ2v) is 39.7. The number of nitrogens with one attached hydrogen (secondary N) is 3. The Bertz CT molecular complexity index is 5420. The highest BCUT2D eigenvalue weighted by molar-refractivity contribution is 5.44. The Kier molecular flexibility index (Phi) is 35.3. The molecule has 20 atom stereocenters. The van der Waals surface area contributed by atoms with Crippen LogP contribution in [0.25, 0.3) is 0 Å².